The molecule has 0 aliphatic carbocycles. The van der Waals surface area contributed by atoms with Gasteiger partial charge in [-0.3, -0.25) is 0 Å². The molecule has 2 rings (SSSR count). The van der Waals surface area contributed by atoms with E-state index in [4.69, 9.17) is 5.11 Å². The highest BCUT2D eigenvalue weighted by Crippen LogP contribution is 2.08. The number of nitrogens with one attached hydrogen (secondary N) is 1. The molecular weight excluding hydrogens is 269 g/mol. The minimum Gasteiger partial charge on any atom is -0.478 e. The summed E-state index contributed by atoms with van der Waals surface area (Å²) in [4.78, 5) is 10.9. The van der Waals surface area contributed by atoms with E-state index in [0.29, 0.717) is 12.1 Å². The van der Waals surface area contributed by atoms with Gasteiger partial charge < -0.3 is 10.4 Å². The Hall–Kier alpha value is -2.20. The predicted octanol–water partition coefficient (Wildman–Crippen LogP) is 3.24. The van der Waals surface area contributed by atoms with Crippen molar-refractivity contribution in [3.8, 4) is 0 Å². The lowest BCUT2D eigenvalue weighted by Gasteiger charge is -2.14. The Balaban J connectivity index is 1.89. The van der Waals surface area contributed by atoms with Crippen LogP contribution in [-0.2, 0) is 13.0 Å². The molecule has 0 aliphatic rings. The average molecular weight is 287 g/mol. The molecule has 0 spiro atoms. The Kier molecular flexibility index (Phi) is 5.06. The van der Waals surface area contributed by atoms with Crippen molar-refractivity contribution in [1.29, 1.82) is 0 Å². The molecule has 0 bridgehead atoms. The molecule has 0 saturated heterocycles. The number of hydrogen-bond donors (Lipinski definition) is 2. The third-order valence-electron chi connectivity index (χ3n) is 3.28. The molecule has 0 amide bonds. The Labute approximate surface area is 123 Å². The fraction of sp³-hybridized carbons (Fsp3) is 0.235. The van der Waals surface area contributed by atoms with Crippen LogP contribution < -0.4 is 5.32 Å². The van der Waals surface area contributed by atoms with Gasteiger partial charge in [0.1, 0.15) is 5.82 Å². The molecule has 3 nitrogen and oxygen atoms in total. The highest BCUT2D eigenvalue weighted by Gasteiger charge is 2.06. The third-order valence-corrected chi connectivity index (χ3v) is 3.28. The normalized spacial score (nSPS) is 12.1. The summed E-state index contributed by atoms with van der Waals surface area (Å²) in [6.45, 7) is 2.65. The van der Waals surface area contributed by atoms with Gasteiger partial charge in [-0.05, 0) is 48.7 Å². The van der Waals surface area contributed by atoms with Crippen LogP contribution in [0.2, 0.25) is 0 Å². The summed E-state index contributed by atoms with van der Waals surface area (Å²) >= 11 is 0. The van der Waals surface area contributed by atoms with Crippen LogP contribution in [0.4, 0.5) is 4.39 Å². The van der Waals surface area contributed by atoms with Gasteiger partial charge >= 0.3 is 5.97 Å². The summed E-state index contributed by atoms with van der Waals surface area (Å²) in [6.07, 6.45) is 0.791. The van der Waals surface area contributed by atoms with Crippen molar-refractivity contribution in [1.82, 2.24) is 5.32 Å². The quantitative estimate of drug-likeness (QED) is 0.857. The van der Waals surface area contributed by atoms with E-state index in [-0.39, 0.29) is 11.9 Å². The molecule has 1 atom stereocenters. The van der Waals surface area contributed by atoms with E-state index in [1.165, 1.54) is 12.1 Å². The van der Waals surface area contributed by atoms with Gasteiger partial charge in [0.05, 0.1) is 5.56 Å². The van der Waals surface area contributed by atoms with Crippen LogP contribution in [0.15, 0.2) is 48.5 Å². The summed E-state index contributed by atoms with van der Waals surface area (Å²) in [6, 6.07) is 13.6. The molecule has 2 N–H and O–H groups in total. The first-order chi connectivity index (χ1) is 10.0. The molecule has 2 aromatic carbocycles. The first kappa shape index (κ1) is 15.2. The number of carbonyl (C=O) groups is 1. The Morgan fingerprint density at radius 2 is 1.90 bits per heavy atom. The summed E-state index contributed by atoms with van der Waals surface area (Å²) in [5.41, 5.74) is 2.29. The van der Waals surface area contributed by atoms with Crippen molar-refractivity contribution >= 4 is 5.97 Å². The van der Waals surface area contributed by atoms with E-state index in [1.807, 2.05) is 13.0 Å². The topological polar surface area (TPSA) is 49.3 Å². The van der Waals surface area contributed by atoms with Crippen molar-refractivity contribution < 1.29 is 14.3 Å². The zero-order valence-corrected chi connectivity index (χ0v) is 11.8. The molecule has 1 unspecified atom stereocenters. The zero-order valence-electron chi connectivity index (χ0n) is 11.8. The predicted molar refractivity (Wildman–Crippen MR) is 79.8 cm³/mol. The highest BCUT2D eigenvalue weighted by molar-refractivity contribution is 5.87. The Morgan fingerprint density at radius 1 is 1.19 bits per heavy atom. The number of carboxylic acid groups (broad SMARTS) is 1. The maximum Gasteiger partial charge on any atom is 0.335 e. The van der Waals surface area contributed by atoms with Crippen LogP contribution in [0.3, 0.4) is 0 Å². The molecule has 0 aliphatic heterocycles. The second-order valence-electron chi connectivity index (χ2n) is 5.12. The fourth-order valence-corrected chi connectivity index (χ4v) is 2.15. The van der Waals surface area contributed by atoms with Crippen LogP contribution in [0.5, 0.6) is 0 Å². The molecule has 110 valence electrons. The molecule has 0 saturated carbocycles. The molecule has 0 aromatic heterocycles. The van der Waals surface area contributed by atoms with Crippen LogP contribution in [0.25, 0.3) is 0 Å². The van der Waals surface area contributed by atoms with Gasteiger partial charge in [0.2, 0.25) is 0 Å². The lowest BCUT2D eigenvalue weighted by molar-refractivity contribution is 0.0696. The number of halogens is 1. The van der Waals surface area contributed by atoms with Gasteiger partial charge in [-0.25, -0.2) is 9.18 Å². The van der Waals surface area contributed by atoms with Crippen molar-refractivity contribution in [2.24, 2.45) is 0 Å². The minimum absolute atomic E-state index is 0.212. The second kappa shape index (κ2) is 6.99. The van der Waals surface area contributed by atoms with E-state index in [9.17, 15) is 9.18 Å². The highest BCUT2D eigenvalue weighted by atomic mass is 19.1. The number of carboxylic acids is 1. The maximum absolute atomic E-state index is 12.8. The average Bonchev–Trinajstić information content (AvgIpc) is 2.48. The lowest BCUT2D eigenvalue weighted by atomic mass is 10.1. The summed E-state index contributed by atoms with van der Waals surface area (Å²) in [5, 5.41) is 12.3. The van der Waals surface area contributed by atoms with Gasteiger partial charge in [0.25, 0.3) is 0 Å². The molecule has 4 heteroatoms. The molecule has 21 heavy (non-hydrogen) atoms. The minimum atomic E-state index is -0.920. The van der Waals surface area contributed by atoms with E-state index in [1.54, 1.807) is 30.3 Å². The van der Waals surface area contributed by atoms with Crippen molar-refractivity contribution in [3.63, 3.8) is 0 Å². The van der Waals surface area contributed by atoms with Crippen molar-refractivity contribution in [2.45, 2.75) is 25.9 Å². The Bertz CT molecular complexity index is 610. The molecule has 0 radical (unpaired) electrons. The third kappa shape index (κ3) is 4.68. The number of aromatic carboxylic acids is 1. The van der Waals surface area contributed by atoms with E-state index in [0.717, 1.165) is 17.5 Å². The monoisotopic (exact) mass is 287 g/mol. The molecule has 0 fully saturated rings. The largest absolute Gasteiger partial charge is 0.478 e. The number of hydrogen-bond acceptors (Lipinski definition) is 2. The van der Waals surface area contributed by atoms with Gasteiger partial charge in [0, 0.05) is 12.6 Å². The standard InChI is InChI=1S/C17H18FNO2/c1-12(9-13-5-7-16(18)8-6-13)19-11-14-3-2-4-15(10-14)17(20)21/h2-8,10,12,19H,9,11H2,1H3,(H,20,21). The SMILES string of the molecule is CC(Cc1ccc(F)cc1)NCc1cccc(C(=O)O)c1. The first-order valence-electron chi connectivity index (χ1n) is 6.84. The van der Waals surface area contributed by atoms with Crippen LogP contribution in [-0.4, -0.2) is 17.1 Å². The van der Waals surface area contributed by atoms with Gasteiger partial charge in [-0.2, -0.15) is 0 Å². The van der Waals surface area contributed by atoms with Crippen LogP contribution in [0, 0.1) is 5.82 Å². The second-order valence-corrected chi connectivity index (χ2v) is 5.12. The number of rotatable bonds is 6. The molecule has 2 aromatic rings. The molecular formula is C17H18FNO2. The van der Waals surface area contributed by atoms with E-state index >= 15 is 0 Å². The van der Waals surface area contributed by atoms with Crippen molar-refractivity contribution in [3.05, 3.63) is 71.0 Å². The summed E-state index contributed by atoms with van der Waals surface area (Å²) < 4.78 is 12.8. The summed E-state index contributed by atoms with van der Waals surface area (Å²) in [7, 11) is 0. The van der Waals surface area contributed by atoms with Crippen molar-refractivity contribution in [2.75, 3.05) is 0 Å². The fourth-order valence-electron chi connectivity index (χ4n) is 2.15. The summed E-state index contributed by atoms with van der Waals surface area (Å²) in [5.74, 6) is -1.15. The van der Waals surface area contributed by atoms with Crippen LogP contribution in [0.1, 0.15) is 28.4 Å². The first-order valence-corrected chi connectivity index (χ1v) is 6.84. The number of benzene rings is 2. The van der Waals surface area contributed by atoms with E-state index < -0.39 is 5.97 Å². The lowest BCUT2D eigenvalue weighted by Crippen LogP contribution is -2.27. The van der Waals surface area contributed by atoms with Gasteiger partial charge in [-0.15, -0.1) is 0 Å². The van der Waals surface area contributed by atoms with Gasteiger partial charge in [-0.1, -0.05) is 24.3 Å². The smallest absolute Gasteiger partial charge is 0.335 e. The van der Waals surface area contributed by atoms with E-state index in [2.05, 4.69) is 5.32 Å². The van der Waals surface area contributed by atoms with Crippen LogP contribution >= 0.6 is 0 Å². The molecule has 0 heterocycles. The Morgan fingerprint density at radius 3 is 2.57 bits per heavy atom. The zero-order chi connectivity index (χ0) is 15.2. The van der Waals surface area contributed by atoms with Gasteiger partial charge in [0.15, 0.2) is 0 Å². The maximum atomic E-state index is 12.8.